The Kier molecular flexibility index (Phi) is 11.7. The SMILES string of the molecule is CO[C@@H](C)c1ncc(N2CCN(C)CC2)cc1-c1c2c3cc(cc4c3n1CCO4)-c1csc(n1)C[C@H](NC(=O)C1CC1c1ccc(F)cc1)C(=O)N1CCC[C@H](N1)C(=O)OCC(C)(C)C2. The van der Waals surface area contributed by atoms with Gasteiger partial charge in [0.15, 0.2) is 0 Å². The molecule has 14 nitrogen and oxygen atoms in total. The van der Waals surface area contributed by atoms with Crippen molar-refractivity contribution >= 4 is 45.7 Å². The number of rotatable bonds is 7. The van der Waals surface area contributed by atoms with Crippen LogP contribution in [0.1, 0.15) is 73.9 Å². The van der Waals surface area contributed by atoms with Crippen molar-refractivity contribution in [3.05, 3.63) is 81.7 Å². The summed E-state index contributed by atoms with van der Waals surface area (Å²) in [6, 6.07) is 11.1. The van der Waals surface area contributed by atoms with Crippen molar-refractivity contribution in [2.45, 2.75) is 83.5 Å². The van der Waals surface area contributed by atoms with Gasteiger partial charge in [0.05, 0.1) is 58.7 Å². The number of fused-ring (bicyclic) bond motifs is 6. The average Bonchev–Trinajstić information content (AvgIpc) is 3.88. The number of carbonyl (C=O) groups excluding carboxylic acids is 3. The van der Waals surface area contributed by atoms with Crippen molar-refractivity contribution in [2.75, 3.05) is 65.0 Å². The predicted octanol–water partition coefficient (Wildman–Crippen LogP) is 6.27. The van der Waals surface area contributed by atoms with Gasteiger partial charge in [0, 0.05) is 79.5 Å². The lowest BCUT2D eigenvalue weighted by atomic mass is 9.84. The second-order valence-corrected chi connectivity index (χ2v) is 20.1. The van der Waals surface area contributed by atoms with E-state index in [1.54, 1.807) is 19.2 Å². The molecule has 2 saturated heterocycles. The van der Waals surface area contributed by atoms with E-state index in [4.69, 9.17) is 24.2 Å². The number of hydrazine groups is 1. The normalized spacial score (nSPS) is 24.0. The molecule has 3 aromatic heterocycles. The van der Waals surface area contributed by atoms with Crippen LogP contribution in [-0.2, 0) is 43.2 Å². The summed E-state index contributed by atoms with van der Waals surface area (Å²) in [6.07, 6.45) is 4.09. The number of pyridine rings is 1. The van der Waals surface area contributed by atoms with Gasteiger partial charge in [0.25, 0.3) is 5.91 Å². The van der Waals surface area contributed by atoms with Crippen LogP contribution in [0.25, 0.3) is 33.4 Å². The lowest BCUT2D eigenvalue weighted by molar-refractivity contribution is -0.155. The molecule has 3 fully saturated rings. The fourth-order valence-corrected chi connectivity index (χ4v) is 10.9. The first-order chi connectivity index (χ1) is 31.3. The number of anilines is 1. The lowest BCUT2D eigenvalue weighted by Gasteiger charge is -2.35. The molecule has 16 heteroatoms. The number of benzene rings is 2. The van der Waals surface area contributed by atoms with Crippen molar-refractivity contribution in [1.82, 2.24) is 35.2 Å². The number of amides is 2. The first-order valence-corrected chi connectivity index (χ1v) is 23.8. The van der Waals surface area contributed by atoms with Crippen LogP contribution in [0.4, 0.5) is 10.1 Å². The summed E-state index contributed by atoms with van der Waals surface area (Å²) in [5, 5.41) is 8.23. The zero-order chi connectivity index (χ0) is 45.1. The number of nitrogens with one attached hydrogen (secondary N) is 2. The zero-order valence-corrected chi connectivity index (χ0v) is 38.5. The molecule has 342 valence electrons. The zero-order valence-electron chi connectivity index (χ0n) is 37.7. The molecular weight excluding hydrogens is 848 g/mol. The molecule has 10 rings (SSSR count). The summed E-state index contributed by atoms with van der Waals surface area (Å²) in [5.74, 6) is -1.00. The molecule has 2 N–H and O–H groups in total. The fraction of sp³-hybridized carbons (Fsp3) is 0.490. The first kappa shape index (κ1) is 43.5. The Hall–Kier alpha value is -5.42. The van der Waals surface area contributed by atoms with Gasteiger partial charge in [-0.1, -0.05) is 26.0 Å². The van der Waals surface area contributed by atoms with Crippen molar-refractivity contribution in [3.63, 3.8) is 0 Å². The van der Waals surface area contributed by atoms with Gasteiger partial charge in [-0.25, -0.2) is 14.8 Å². The Labute approximate surface area is 382 Å². The number of hydrogen-bond acceptors (Lipinski definition) is 12. The van der Waals surface area contributed by atoms with E-state index >= 15 is 0 Å². The average molecular weight is 905 g/mol. The number of aromatic nitrogens is 3. The highest BCUT2D eigenvalue weighted by Crippen LogP contribution is 2.49. The second kappa shape index (κ2) is 17.4. The monoisotopic (exact) mass is 904 g/mol. The molecule has 0 radical (unpaired) electrons. The number of carbonyl (C=O) groups is 3. The van der Waals surface area contributed by atoms with Gasteiger partial charge in [0.2, 0.25) is 5.91 Å². The van der Waals surface area contributed by atoms with E-state index in [1.807, 2.05) is 18.5 Å². The standard InChI is InChI=1S/C49H57FN8O6S/c1-28(62-5)43-36(21-32(25-51-43)56-15-13-55(4)14-16-56)44-37-24-49(2,3)27-64-48(61)38-7-6-12-58(54-38)47(60)39(53-46(59)35-22-33(35)29-8-10-31(50)11-9-29)23-42-52-40(26-65-42)30-19-34(37)45-41(20-30)63-18-17-57(44)45/h8-11,19-21,25-26,28,33,35,38-39,54H,6-7,12-18,22-24,27H2,1-5H3,(H,53,59)/t28-,33?,35?,38-,39-/m0/s1. The number of thiazole rings is 1. The van der Waals surface area contributed by atoms with Gasteiger partial charge < -0.3 is 33.9 Å². The van der Waals surface area contributed by atoms with E-state index in [1.165, 1.54) is 28.5 Å². The third-order valence-corrected chi connectivity index (χ3v) is 14.7. The van der Waals surface area contributed by atoms with Gasteiger partial charge in [-0.15, -0.1) is 11.3 Å². The molecule has 2 unspecified atom stereocenters. The van der Waals surface area contributed by atoms with Crippen LogP contribution in [0, 0.1) is 17.2 Å². The maximum absolute atomic E-state index is 14.4. The van der Waals surface area contributed by atoms with Crippen LogP contribution in [0.5, 0.6) is 5.75 Å². The minimum absolute atomic E-state index is 0.0570. The quantitative estimate of drug-likeness (QED) is 0.179. The predicted molar refractivity (Wildman–Crippen MR) is 246 cm³/mol. The van der Waals surface area contributed by atoms with Crippen LogP contribution >= 0.6 is 11.3 Å². The second-order valence-electron chi connectivity index (χ2n) is 19.1. The number of nitrogens with zero attached hydrogens (tertiary/aromatic N) is 6. The highest BCUT2D eigenvalue weighted by Gasteiger charge is 2.46. The molecule has 6 bridgehead atoms. The maximum Gasteiger partial charge on any atom is 0.324 e. The number of halogens is 1. The van der Waals surface area contributed by atoms with Crippen LogP contribution in [0.3, 0.4) is 0 Å². The molecule has 5 atom stereocenters. The lowest BCUT2D eigenvalue weighted by Crippen LogP contribution is -2.60. The molecule has 4 aliphatic heterocycles. The Morgan fingerprint density at radius 3 is 2.65 bits per heavy atom. The Balaban J connectivity index is 1.07. The van der Waals surface area contributed by atoms with Crippen LogP contribution < -0.4 is 20.4 Å². The fourth-order valence-electron chi connectivity index (χ4n) is 10.0. The minimum Gasteiger partial charge on any atom is -0.489 e. The number of cyclic esters (lactones) is 1. The molecule has 65 heavy (non-hydrogen) atoms. The van der Waals surface area contributed by atoms with E-state index in [9.17, 15) is 18.8 Å². The molecule has 2 amide bonds. The number of methoxy groups -OCH3 is 1. The van der Waals surface area contributed by atoms with Gasteiger partial charge >= 0.3 is 5.97 Å². The topological polar surface area (TPSA) is 143 Å². The Morgan fingerprint density at radius 2 is 1.86 bits per heavy atom. The van der Waals surface area contributed by atoms with Gasteiger partial charge in [0.1, 0.15) is 30.3 Å². The Bertz CT molecular complexity index is 2640. The third-order valence-electron chi connectivity index (χ3n) is 13.8. The van der Waals surface area contributed by atoms with Crippen molar-refractivity contribution in [1.29, 1.82) is 0 Å². The summed E-state index contributed by atoms with van der Waals surface area (Å²) in [4.78, 5) is 57.2. The largest absolute Gasteiger partial charge is 0.489 e. The molecular formula is C49H57FN8O6S. The highest BCUT2D eigenvalue weighted by molar-refractivity contribution is 7.10. The number of ether oxygens (including phenoxy) is 3. The molecule has 5 aromatic rings. The van der Waals surface area contributed by atoms with Gasteiger partial charge in [-0.2, -0.15) is 0 Å². The summed E-state index contributed by atoms with van der Waals surface area (Å²) in [6.45, 7) is 11.6. The number of esters is 1. The number of likely N-dealkylation sites (N-methyl/N-ethyl adjacent to an activating group) is 1. The molecule has 1 saturated carbocycles. The highest BCUT2D eigenvalue weighted by atomic mass is 32.1. The first-order valence-electron chi connectivity index (χ1n) is 22.9. The minimum atomic E-state index is -0.954. The summed E-state index contributed by atoms with van der Waals surface area (Å²) < 4.78 is 34.7. The molecule has 0 spiro atoms. The van der Waals surface area contributed by atoms with Gasteiger partial charge in [-0.05, 0) is 87.0 Å². The van der Waals surface area contributed by atoms with E-state index < -0.39 is 23.5 Å². The molecule has 7 heterocycles. The third kappa shape index (κ3) is 8.61. The van der Waals surface area contributed by atoms with Crippen LogP contribution in [0.2, 0.25) is 0 Å². The van der Waals surface area contributed by atoms with Crippen LogP contribution in [-0.4, -0.2) is 114 Å². The molecule has 1 aliphatic carbocycles. The van der Waals surface area contributed by atoms with E-state index in [-0.39, 0.29) is 48.6 Å². The molecule has 5 aliphatic rings. The Morgan fingerprint density at radius 1 is 1.06 bits per heavy atom. The van der Waals surface area contributed by atoms with Crippen molar-refractivity contribution in [3.8, 4) is 28.3 Å². The van der Waals surface area contributed by atoms with Crippen molar-refractivity contribution < 1.29 is 33.0 Å². The number of hydrogen-bond donors (Lipinski definition) is 2. The maximum atomic E-state index is 14.4. The van der Waals surface area contributed by atoms with Crippen LogP contribution in [0.15, 0.2) is 54.0 Å². The van der Waals surface area contributed by atoms with E-state index in [0.717, 1.165) is 87.9 Å². The molecule has 2 aromatic carbocycles. The van der Waals surface area contributed by atoms with E-state index in [0.29, 0.717) is 50.4 Å². The van der Waals surface area contributed by atoms with Crippen molar-refractivity contribution in [2.24, 2.45) is 11.3 Å². The summed E-state index contributed by atoms with van der Waals surface area (Å²) in [7, 11) is 3.87. The van der Waals surface area contributed by atoms with E-state index in [2.05, 4.69) is 64.2 Å². The summed E-state index contributed by atoms with van der Waals surface area (Å²) in [5.41, 5.74) is 11.2. The number of piperazine rings is 1. The smallest absolute Gasteiger partial charge is 0.324 e. The van der Waals surface area contributed by atoms with Gasteiger partial charge in [-0.3, -0.25) is 24.4 Å². The summed E-state index contributed by atoms with van der Waals surface area (Å²) >= 11 is 1.44.